The van der Waals surface area contributed by atoms with Crippen LogP contribution in [0.2, 0.25) is 0 Å². The van der Waals surface area contributed by atoms with E-state index in [2.05, 4.69) is 10.2 Å². The molecule has 0 aliphatic heterocycles. The molecule has 0 aliphatic carbocycles. The summed E-state index contributed by atoms with van der Waals surface area (Å²) in [6, 6.07) is 7.45. The highest BCUT2D eigenvalue weighted by atomic mass is 16.6. The summed E-state index contributed by atoms with van der Waals surface area (Å²) in [6.45, 7) is 7.35. The van der Waals surface area contributed by atoms with Gasteiger partial charge in [-0.3, -0.25) is 0 Å². The van der Waals surface area contributed by atoms with Crippen molar-refractivity contribution in [1.29, 1.82) is 0 Å². The third kappa shape index (κ3) is 4.11. The first-order valence-corrected chi connectivity index (χ1v) is 8.18. The van der Waals surface area contributed by atoms with Crippen molar-refractivity contribution >= 4 is 5.97 Å². The lowest BCUT2D eigenvalue weighted by molar-refractivity contribution is -0.148. The van der Waals surface area contributed by atoms with E-state index in [4.69, 9.17) is 18.3 Å². The van der Waals surface area contributed by atoms with E-state index in [1.165, 1.54) is 0 Å². The van der Waals surface area contributed by atoms with Gasteiger partial charge in [0.2, 0.25) is 0 Å². The van der Waals surface area contributed by atoms with Crippen molar-refractivity contribution in [1.82, 2.24) is 10.2 Å². The van der Waals surface area contributed by atoms with E-state index in [0.717, 1.165) is 22.5 Å². The molecule has 0 fully saturated rings. The second kappa shape index (κ2) is 7.43. The SMILES string of the molecule is Cc1cc(-c2nnc(COC(=O)COc3ccc(C)c(C)c3)o2)c(C)o1. The number of ether oxygens (including phenoxy) is 2. The Bertz CT molecular complexity index is 926. The number of carbonyl (C=O) groups is 1. The fourth-order valence-corrected chi connectivity index (χ4v) is 2.39. The third-order valence-corrected chi connectivity index (χ3v) is 3.93. The molecule has 0 atom stereocenters. The maximum atomic E-state index is 11.8. The largest absolute Gasteiger partial charge is 0.482 e. The number of esters is 1. The van der Waals surface area contributed by atoms with Gasteiger partial charge >= 0.3 is 5.97 Å². The molecule has 2 aromatic heterocycles. The average molecular weight is 356 g/mol. The molecule has 7 nitrogen and oxygen atoms in total. The highest BCUT2D eigenvalue weighted by Gasteiger charge is 2.15. The Morgan fingerprint density at radius 1 is 1.04 bits per heavy atom. The molecule has 26 heavy (non-hydrogen) atoms. The van der Waals surface area contributed by atoms with Gasteiger partial charge in [0.1, 0.15) is 17.3 Å². The van der Waals surface area contributed by atoms with Crippen LogP contribution >= 0.6 is 0 Å². The lowest BCUT2D eigenvalue weighted by Gasteiger charge is -2.07. The van der Waals surface area contributed by atoms with Crippen LogP contribution in [0.5, 0.6) is 5.75 Å². The quantitative estimate of drug-likeness (QED) is 0.622. The number of nitrogens with zero attached hydrogens (tertiary/aromatic N) is 2. The van der Waals surface area contributed by atoms with Crippen LogP contribution in [-0.2, 0) is 16.1 Å². The summed E-state index contributed by atoms with van der Waals surface area (Å²) < 4.78 is 21.5. The van der Waals surface area contributed by atoms with Crippen LogP contribution < -0.4 is 4.74 Å². The van der Waals surface area contributed by atoms with Crippen molar-refractivity contribution in [3.8, 4) is 17.2 Å². The molecule has 7 heteroatoms. The first-order chi connectivity index (χ1) is 12.4. The highest BCUT2D eigenvalue weighted by Crippen LogP contribution is 2.25. The van der Waals surface area contributed by atoms with E-state index in [9.17, 15) is 4.79 Å². The van der Waals surface area contributed by atoms with Crippen molar-refractivity contribution in [2.45, 2.75) is 34.3 Å². The zero-order valence-electron chi connectivity index (χ0n) is 15.2. The Kier molecular flexibility index (Phi) is 5.06. The fourth-order valence-electron chi connectivity index (χ4n) is 2.39. The third-order valence-electron chi connectivity index (χ3n) is 3.93. The Hall–Kier alpha value is -3.09. The van der Waals surface area contributed by atoms with E-state index in [0.29, 0.717) is 17.4 Å². The number of hydrogen-bond donors (Lipinski definition) is 0. The fraction of sp³-hybridized carbons (Fsp3) is 0.316. The molecular weight excluding hydrogens is 336 g/mol. The van der Waals surface area contributed by atoms with Crippen molar-refractivity contribution in [2.24, 2.45) is 0 Å². The van der Waals surface area contributed by atoms with Gasteiger partial charge in [-0.2, -0.15) is 0 Å². The lowest BCUT2D eigenvalue weighted by Crippen LogP contribution is -2.15. The monoisotopic (exact) mass is 356 g/mol. The molecular formula is C19H20N2O5. The first kappa shape index (κ1) is 17.7. The van der Waals surface area contributed by atoms with Gasteiger partial charge in [-0.15, -0.1) is 10.2 Å². The molecule has 2 heterocycles. The van der Waals surface area contributed by atoms with Crippen molar-refractivity contribution in [2.75, 3.05) is 6.61 Å². The highest BCUT2D eigenvalue weighted by molar-refractivity contribution is 5.71. The number of carbonyl (C=O) groups excluding carboxylic acids is 1. The number of benzene rings is 1. The summed E-state index contributed by atoms with van der Waals surface area (Å²) >= 11 is 0. The number of aromatic nitrogens is 2. The van der Waals surface area contributed by atoms with Crippen LogP contribution in [0.4, 0.5) is 0 Å². The van der Waals surface area contributed by atoms with Gasteiger partial charge in [0.05, 0.1) is 5.56 Å². The Balaban J connectivity index is 1.52. The average Bonchev–Trinajstić information content (AvgIpc) is 3.20. The number of aryl methyl sites for hydroxylation is 4. The summed E-state index contributed by atoms with van der Waals surface area (Å²) in [5.74, 6) is 2.09. The van der Waals surface area contributed by atoms with E-state index in [1.54, 1.807) is 0 Å². The normalized spacial score (nSPS) is 10.8. The van der Waals surface area contributed by atoms with Crippen molar-refractivity contribution < 1.29 is 23.1 Å². The Morgan fingerprint density at radius 3 is 2.54 bits per heavy atom. The van der Waals surface area contributed by atoms with E-state index < -0.39 is 5.97 Å². The van der Waals surface area contributed by atoms with Gasteiger partial charge in [0.15, 0.2) is 13.2 Å². The molecule has 0 spiro atoms. The van der Waals surface area contributed by atoms with Crippen molar-refractivity contribution in [3.63, 3.8) is 0 Å². The molecule has 0 unspecified atom stereocenters. The maximum Gasteiger partial charge on any atom is 0.344 e. The number of rotatable bonds is 6. The minimum Gasteiger partial charge on any atom is -0.482 e. The summed E-state index contributed by atoms with van der Waals surface area (Å²) in [5.41, 5.74) is 2.99. The molecule has 0 aliphatic rings. The van der Waals surface area contributed by atoms with Gasteiger partial charge in [0.25, 0.3) is 11.8 Å². The van der Waals surface area contributed by atoms with Crippen LogP contribution in [0.15, 0.2) is 33.1 Å². The van der Waals surface area contributed by atoms with Crippen LogP contribution in [-0.4, -0.2) is 22.8 Å². The zero-order valence-corrected chi connectivity index (χ0v) is 15.2. The molecule has 136 valence electrons. The number of hydrogen-bond acceptors (Lipinski definition) is 7. The molecule has 3 rings (SSSR count). The molecule has 0 bridgehead atoms. The summed E-state index contributed by atoms with van der Waals surface area (Å²) in [4.78, 5) is 11.8. The second-order valence-corrected chi connectivity index (χ2v) is 6.02. The smallest absolute Gasteiger partial charge is 0.344 e. The second-order valence-electron chi connectivity index (χ2n) is 6.02. The predicted octanol–water partition coefficient (Wildman–Crippen LogP) is 3.69. The molecule has 0 N–H and O–H groups in total. The van der Waals surface area contributed by atoms with E-state index in [-0.39, 0.29) is 19.1 Å². The summed E-state index contributed by atoms with van der Waals surface area (Å²) in [7, 11) is 0. The lowest BCUT2D eigenvalue weighted by atomic mass is 10.1. The van der Waals surface area contributed by atoms with Crippen molar-refractivity contribution in [3.05, 3.63) is 52.8 Å². The van der Waals surface area contributed by atoms with E-state index in [1.807, 2.05) is 52.0 Å². The predicted molar refractivity (Wildman–Crippen MR) is 92.7 cm³/mol. The molecule has 0 amide bonds. The minimum absolute atomic E-state index is 0.113. The van der Waals surface area contributed by atoms with Crippen LogP contribution in [0.1, 0.15) is 28.5 Å². The van der Waals surface area contributed by atoms with Gasteiger partial charge in [-0.05, 0) is 57.0 Å². The molecule has 0 radical (unpaired) electrons. The van der Waals surface area contributed by atoms with Gasteiger partial charge < -0.3 is 18.3 Å². The van der Waals surface area contributed by atoms with Gasteiger partial charge in [-0.25, -0.2) is 4.79 Å². The maximum absolute atomic E-state index is 11.8. The summed E-state index contributed by atoms with van der Waals surface area (Å²) in [5, 5.41) is 7.83. The standard InChI is InChI=1S/C19H20N2O5/c1-11-5-6-15(7-12(11)2)23-10-18(22)24-9-17-20-21-19(26-17)16-8-13(3)25-14(16)4/h5-8H,9-10H2,1-4H3. The van der Waals surface area contributed by atoms with Crippen LogP contribution in [0.25, 0.3) is 11.5 Å². The van der Waals surface area contributed by atoms with Crippen LogP contribution in [0, 0.1) is 27.7 Å². The molecule has 0 saturated carbocycles. The number of furan rings is 1. The zero-order chi connectivity index (χ0) is 18.7. The topological polar surface area (TPSA) is 87.6 Å². The van der Waals surface area contributed by atoms with Gasteiger partial charge in [0, 0.05) is 0 Å². The molecule has 3 aromatic rings. The molecule has 0 saturated heterocycles. The van der Waals surface area contributed by atoms with Crippen LogP contribution in [0.3, 0.4) is 0 Å². The van der Waals surface area contributed by atoms with Gasteiger partial charge in [-0.1, -0.05) is 6.07 Å². The molecule has 1 aromatic carbocycles. The first-order valence-electron chi connectivity index (χ1n) is 8.18. The minimum atomic E-state index is -0.515. The Morgan fingerprint density at radius 2 is 1.85 bits per heavy atom. The van der Waals surface area contributed by atoms with E-state index >= 15 is 0 Å². The Labute approximate surface area is 150 Å². The summed E-state index contributed by atoms with van der Waals surface area (Å²) in [6.07, 6.45) is 0.